The number of rotatable bonds is 1. The quantitative estimate of drug-likeness (QED) is 0.471. The van der Waals surface area contributed by atoms with Crippen molar-refractivity contribution in [2.45, 2.75) is 20.3 Å². The Bertz CT molecular complexity index is 219. The van der Waals surface area contributed by atoms with Gasteiger partial charge >= 0.3 is 5.97 Å². The Morgan fingerprint density at radius 2 is 2.33 bits per heavy atom. The van der Waals surface area contributed by atoms with Crippen molar-refractivity contribution < 1.29 is 9.53 Å². The zero-order valence-corrected chi connectivity index (χ0v) is 7.81. The van der Waals surface area contributed by atoms with Crippen molar-refractivity contribution in [1.29, 1.82) is 0 Å². The van der Waals surface area contributed by atoms with Gasteiger partial charge in [0.05, 0.1) is 7.11 Å². The topological polar surface area (TPSA) is 38.3 Å². The van der Waals surface area contributed by atoms with Crippen molar-refractivity contribution in [2.75, 3.05) is 13.7 Å². The van der Waals surface area contributed by atoms with Gasteiger partial charge in [-0.25, -0.2) is 4.79 Å². The molecule has 0 aromatic rings. The van der Waals surface area contributed by atoms with Crippen LogP contribution < -0.4 is 5.32 Å². The highest BCUT2D eigenvalue weighted by atomic mass is 16.5. The molecule has 0 aromatic carbocycles. The second kappa shape index (κ2) is 3.17. The highest BCUT2D eigenvalue weighted by Gasteiger charge is 2.29. The van der Waals surface area contributed by atoms with Gasteiger partial charge in [0.25, 0.3) is 0 Å². The zero-order chi connectivity index (χ0) is 9.19. The first-order valence-corrected chi connectivity index (χ1v) is 4.10. The Morgan fingerprint density at radius 3 is 2.75 bits per heavy atom. The van der Waals surface area contributed by atoms with Crippen molar-refractivity contribution in [1.82, 2.24) is 5.32 Å². The lowest BCUT2D eigenvalue weighted by Gasteiger charge is -2.17. The van der Waals surface area contributed by atoms with E-state index in [0.717, 1.165) is 18.7 Å². The van der Waals surface area contributed by atoms with Gasteiger partial charge in [-0.05, 0) is 6.42 Å². The van der Waals surface area contributed by atoms with Crippen LogP contribution in [0, 0.1) is 5.41 Å². The SMILES string of the molecule is COC(=O)/C=C1/NCCC1(C)C. The predicted molar refractivity (Wildman–Crippen MR) is 46.5 cm³/mol. The van der Waals surface area contributed by atoms with Crippen LogP contribution in [0.4, 0.5) is 0 Å². The van der Waals surface area contributed by atoms with Crippen LogP contribution in [0.1, 0.15) is 20.3 Å². The summed E-state index contributed by atoms with van der Waals surface area (Å²) in [6.07, 6.45) is 2.60. The number of esters is 1. The minimum atomic E-state index is -0.285. The molecule has 1 fully saturated rings. The summed E-state index contributed by atoms with van der Waals surface area (Å²) >= 11 is 0. The van der Waals surface area contributed by atoms with Crippen LogP contribution in [0.5, 0.6) is 0 Å². The third-order valence-corrected chi connectivity index (χ3v) is 2.26. The van der Waals surface area contributed by atoms with Gasteiger partial charge in [-0.2, -0.15) is 0 Å². The Kier molecular flexibility index (Phi) is 2.40. The van der Waals surface area contributed by atoms with Gasteiger partial charge in [-0.1, -0.05) is 13.8 Å². The van der Waals surface area contributed by atoms with Gasteiger partial charge < -0.3 is 10.1 Å². The molecule has 0 atom stereocenters. The molecule has 3 nitrogen and oxygen atoms in total. The monoisotopic (exact) mass is 169 g/mol. The summed E-state index contributed by atoms with van der Waals surface area (Å²) in [5, 5.41) is 3.17. The summed E-state index contributed by atoms with van der Waals surface area (Å²) in [5.41, 5.74) is 1.07. The molecule has 0 bridgehead atoms. The van der Waals surface area contributed by atoms with Gasteiger partial charge in [0, 0.05) is 23.7 Å². The molecule has 1 saturated heterocycles. The molecule has 1 aliphatic heterocycles. The molecule has 1 rings (SSSR count). The van der Waals surface area contributed by atoms with Gasteiger partial charge in [0.15, 0.2) is 0 Å². The number of carbonyl (C=O) groups excluding carboxylic acids is 1. The lowest BCUT2D eigenvalue weighted by atomic mass is 9.89. The van der Waals surface area contributed by atoms with Crippen LogP contribution in [0.3, 0.4) is 0 Å². The van der Waals surface area contributed by atoms with Crippen LogP contribution in [0.15, 0.2) is 11.8 Å². The lowest BCUT2D eigenvalue weighted by molar-refractivity contribution is -0.134. The fraction of sp³-hybridized carbons (Fsp3) is 0.667. The first kappa shape index (κ1) is 9.10. The summed E-state index contributed by atoms with van der Waals surface area (Å²) in [7, 11) is 1.39. The van der Waals surface area contributed by atoms with Crippen molar-refractivity contribution in [3.63, 3.8) is 0 Å². The minimum absolute atomic E-state index is 0.0915. The van der Waals surface area contributed by atoms with Gasteiger partial charge in [-0.15, -0.1) is 0 Å². The molecule has 1 heterocycles. The smallest absolute Gasteiger partial charge is 0.332 e. The summed E-state index contributed by atoms with van der Waals surface area (Å²) in [4.78, 5) is 10.9. The first-order valence-electron chi connectivity index (χ1n) is 4.10. The van der Waals surface area contributed by atoms with E-state index in [9.17, 15) is 4.79 Å². The number of carbonyl (C=O) groups is 1. The third kappa shape index (κ3) is 1.78. The zero-order valence-electron chi connectivity index (χ0n) is 7.81. The fourth-order valence-electron chi connectivity index (χ4n) is 1.31. The molecule has 12 heavy (non-hydrogen) atoms. The summed E-state index contributed by atoms with van der Waals surface area (Å²) in [6, 6.07) is 0. The van der Waals surface area contributed by atoms with E-state index in [1.165, 1.54) is 13.2 Å². The molecule has 3 heteroatoms. The molecule has 0 spiro atoms. The molecule has 0 amide bonds. The van der Waals surface area contributed by atoms with Crippen LogP contribution in [-0.4, -0.2) is 19.6 Å². The summed E-state index contributed by atoms with van der Waals surface area (Å²) < 4.78 is 4.55. The molecular weight excluding hydrogens is 154 g/mol. The highest BCUT2D eigenvalue weighted by molar-refractivity contribution is 5.82. The van der Waals surface area contributed by atoms with E-state index < -0.39 is 0 Å². The van der Waals surface area contributed by atoms with Crippen molar-refractivity contribution in [3.05, 3.63) is 11.8 Å². The van der Waals surface area contributed by atoms with E-state index >= 15 is 0 Å². The largest absolute Gasteiger partial charge is 0.466 e. The Hall–Kier alpha value is -0.990. The van der Waals surface area contributed by atoms with Crippen molar-refractivity contribution >= 4 is 5.97 Å². The van der Waals surface area contributed by atoms with E-state index in [1.807, 2.05) is 0 Å². The van der Waals surface area contributed by atoms with Gasteiger partial charge in [0.2, 0.25) is 0 Å². The Balaban J connectivity index is 2.74. The highest BCUT2D eigenvalue weighted by Crippen LogP contribution is 2.32. The third-order valence-electron chi connectivity index (χ3n) is 2.26. The van der Waals surface area contributed by atoms with E-state index in [1.54, 1.807) is 0 Å². The maximum absolute atomic E-state index is 10.9. The molecule has 0 saturated carbocycles. The molecule has 68 valence electrons. The molecule has 1 N–H and O–H groups in total. The molecule has 1 aliphatic rings. The molecule has 0 radical (unpaired) electrons. The summed E-state index contributed by atoms with van der Waals surface area (Å²) in [5.74, 6) is -0.285. The maximum atomic E-state index is 10.9. The summed E-state index contributed by atoms with van der Waals surface area (Å²) in [6.45, 7) is 5.17. The Labute approximate surface area is 72.8 Å². The second-order valence-electron chi connectivity index (χ2n) is 3.64. The van der Waals surface area contributed by atoms with Crippen molar-refractivity contribution in [2.24, 2.45) is 5.41 Å². The van der Waals surface area contributed by atoms with Gasteiger partial charge in [0.1, 0.15) is 0 Å². The van der Waals surface area contributed by atoms with Gasteiger partial charge in [-0.3, -0.25) is 0 Å². The van der Waals surface area contributed by atoms with E-state index in [0.29, 0.717) is 0 Å². The normalized spacial score (nSPS) is 23.8. The minimum Gasteiger partial charge on any atom is -0.466 e. The number of hydrogen-bond acceptors (Lipinski definition) is 3. The maximum Gasteiger partial charge on any atom is 0.332 e. The van der Waals surface area contributed by atoms with Crippen molar-refractivity contribution in [3.8, 4) is 0 Å². The van der Waals surface area contributed by atoms with Crippen LogP contribution >= 0.6 is 0 Å². The van der Waals surface area contributed by atoms with Crippen LogP contribution in [0.25, 0.3) is 0 Å². The fourth-order valence-corrected chi connectivity index (χ4v) is 1.31. The predicted octanol–water partition coefficient (Wildman–Crippen LogP) is 1.06. The lowest BCUT2D eigenvalue weighted by Crippen LogP contribution is -2.15. The average molecular weight is 169 g/mol. The molecular formula is C9H15NO2. The van der Waals surface area contributed by atoms with Crippen LogP contribution in [0.2, 0.25) is 0 Å². The molecule has 0 unspecified atom stereocenters. The number of nitrogens with one attached hydrogen (secondary N) is 1. The first-order chi connectivity index (χ1) is 5.56. The van der Waals surface area contributed by atoms with Crippen LogP contribution in [-0.2, 0) is 9.53 Å². The number of methoxy groups -OCH3 is 1. The van der Waals surface area contributed by atoms with E-state index in [-0.39, 0.29) is 11.4 Å². The molecule has 0 aliphatic carbocycles. The number of ether oxygens (including phenoxy) is 1. The van der Waals surface area contributed by atoms with E-state index in [2.05, 4.69) is 23.9 Å². The molecule has 0 aromatic heterocycles. The standard InChI is InChI=1S/C9H15NO2/c1-9(2)4-5-10-7(9)6-8(11)12-3/h6,10H,4-5H2,1-3H3/b7-6+. The number of hydrogen-bond donors (Lipinski definition) is 1. The number of allylic oxidation sites excluding steroid dienone is 1. The average Bonchev–Trinajstić information content (AvgIpc) is 2.31. The Morgan fingerprint density at radius 1 is 1.67 bits per heavy atom. The van der Waals surface area contributed by atoms with E-state index in [4.69, 9.17) is 0 Å². The second-order valence-corrected chi connectivity index (χ2v) is 3.64.